The van der Waals surface area contributed by atoms with E-state index in [1.165, 1.54) is 4.31 Å². The smallest absolute Gasteiger partial charge is 0.335 e. The van der Waals surface area contributed by atoms with Crippen LogP contribution in [0, 0.1) is 0 Å². The zero-order valence-corrected chi connectivity index (χ0v) is 23.4. The van der Waals surface area contributed by atoms with Crippen molar-refractivity contribution in [2.75, 3.05) is 31.6 Å². The predicted octanol–water partition coefficient (Wildman–Crippen LogP) is 4.53. The number of sulfonamides is 1. The molecule has 38 heavy (non-hydrogen) atoms. The topological polar surface area (TPSA) is 124 Å². The van der Waals surface area contributed by atoms with Gasteiger partial charge in [0.2, 0.25) is 10.0 Å². The molecule has 1 saturated heterocycles. The summed E-state index contributed by atoms with van der Waals surface area (Å²) in [5.74, 6) is -0.414. The van der Waals surface area contributed by atoms with E-state index in [2.05, 4.69) is 10.5 Å². The van der Waals surface area contributed by atoms with Crippen LogP contribution < -0.4 is 5.32 Å². The molecule has 206 valence electrons. The maximum atomic E-state index is 12.9. The van der Waals surface area contributed by atoms with Gasteiger partial charge < -0.3 is 19.2 Å². The highest BCUT2D eigenvalue weighted by molar-refractivity contribution is 7.88. The number of nitrogens with one attached hydrogen (secondary N) is 1. The van der Waals surface area contributed by atoms with Gasteiger partial charge in [-0.25, -0.2) is 12.7 Å². The van der Waals surface area contributed by atoms with Crippen molar-refractivity contribution in [3.8, 4) is 0 Å². The van der Waals surface area contributed by atoms with Gasteiger partial charge in [-0.1, -0.05) is 47.6 Å². The van der Waals surface area contributed by atoms with Crippen LogP contribution in [0.2, 0.25) is 0 Å². The fraction of sp³-hybridized carbons (Fsp3) is 0.462. The van der Waals surface area contributed by atoms with Crippen LogP contribution in [-0.2, 0) is 45.2 Å². The summed E-state index contributed by atoms with van der Waals surface area (Å²) in [4.78, 5) is 18.5. The van der Waals surface area contributed by atoms with Crippen molar-refractivity contribution in [1.82, 2.24) is 4.31 Å². The number of amides is 1. The van der Waals surface area contributed by atoms with Crippen molar-refractivity contribution in [3.63, 3.8) is 0 Å². The molecule has 2 aliphatic heterocycles. The first-order chi connectivity index (χ1) is 18.2. The lowest BCUT2D eigenvalue weighted by molar-refractivity contribution is -0.110. The zero-order chi connectivity index (χ0) is 27.2. The Morgan fingerprint density at radius 2 is 1.66 bits per heavy atom. The SMILES string of the molecule is CCOP(=O)(Cc1ccc(NC(=O)C2=NOC3(CCN(S(=O)(=O)Cc4ccccc4)CC3)C2)cc1)OCC. The molecule has 2 aromatic carbocycles. The maximum absolute atomic E-state index is 12.9. The van der Waals surface area contributed by atoms with Crippen molar-refractivity contribution in [3.05, 3.63) is 65.7 Å². The second-order valence-corrected chi connectivity index (χ2v) is 13.4. The number of nitrogens with zero attached hydrogens (tertiary/aromatic N) is 2. The normalized spacial score (nSPS) is 17.7. The molecule has 1 amide bonds. The minimum absolute atomic E-state index is 0.0422. The molecule has 1 spiro atoms. The van der Waals surface area contributed by atoms with E-state index in [4.69, 9.17) is 13.9 Å². The molecular formula is C26H34N3O7PS. The van der Waals surface area contributed by atoms with E-state index >= 15 is 0 Å². The van der Waals surface area contributed by atoms with Crippen LogP contribution in [0.1, 0.15) is 44.2 Å². The third-order valence-corrected chi connectivity index (χ3v) is 10.5. The molecule has 0 atom stereocenters. The fourth-order valence-electron chi connectivity index (χ4n) is 4.60. The average Bonchev–Trinajstić information content (AvgIpc) is 3.29. The summed E-state index contributed by atoms with van der Waals surface area (Å²) in [5.41, 5.74) is 1.67. The Hall–Kier alpha value is -2.56. The van der Waals surface area contributed by atoms with Crippen LogP contribution in [0.5, 0.6) is 0 Å². The Kier molecular flexibility index (Phi) is 9.05. The summed E-state index contributed by atoms with van der Waals surface area (Å²) in [7, 11) is -6.66. The van der Waals surface area contributed by atoms with Gasteiger partial charge in [-0.3, -0.25) is 9.36 Å². The molecule has 0 bridgehead atoms. The average molecular weight is 564 g/mol. The van der Waals surface area contributed by atoms with E-state index in [-0.39, 0.29) is 23.5 Å². The Labute approximate surface area is 223 Å². The van der Waals surface area contributed by atoms with Crippen molar-refractivity contribution in [2.45, 2.75) is 50.6 Å². The van der Waals surface area contributed by atoms with E-state index in [0.29, 0.717) is 51.3 Å². The van der Waals surface area contributed by atoms with Crippen LogP contribution in [0.4, 0.5) is 5.69 Å². The minimum atomic E-state index is -3.45. The van der Waals surface area contributed by atoms with Crippen LogP contribution >= 0.6 is 7.60 Å². The van der Waals surface area contributed by atoms with E-state index in [0.717, 1.165) is 11.1 Å². The van der Waals surface area contributed by atoms with Crippen molar-refractivity contribution in [2.24, 2.45) is 5.16 Å². The van der Waals surface area contributed by atoms with Gasteiger partial charge in [0.05, 0.1) is 25.1 Å². The maximum Gasteiger partial charge on any atom is 0.335 e. The van der Waals surface area contributed by atoms with Gasteiger partial charge in [-0.15, -0.1) is 0 Å². The van der Waals surface area contributed by atoms with E-state index in [1.807, 2.05) is 18.2 Å². The van der Waals surface area contributed by atoms with E-state index in [1.54, 1.807) is 50.2 Å². The Morgan fingerprint density at radius 3 is 2.26 bits per heavy atom. The summed E-state index contributed by atoms with van der Waals surface area (Å²) in [6.45, 7) is 4.74. The Morgan fingerprint density at radius 1 is 1.03 bits per heavy atom. The molecule has 0 aliphatic carbocycles. The van der Waals surface area contributed by atoms with Gasteiger partial charge in [0.25, 0.3) is 5.91 Å². The molecule has 0 saturated carbocycles. The third kappa shape index (κ3) is 7.09. The summed E-state index contributed by atoms with van der Waals surface area (Å²) in [6, 6.07) is 16.1. The standard InChI is InChI=1S/C26H34N3O7PS/c1-3-34-37(31,35-4-2)19-21-10-12-23(13-11-21)27-25(30)24-18-26(36-28-24)14-16-29(17-15-26)38(32,33)20-22-8-6-5-7-9-22/h5-13H,3-4,14-20H2,1-2H3,(H,27,30). The molecule has 0 aromatic heterocycles. The first kappa shape index (κ1) is 28.4. The molecule has 12 heteroatoms. The number of carbonyl (C=O) groups is 1. The Balaban J connectivity index is 1.29. The number of piperidine rings is 1. The monoisotopic (exact) mass is 563 g/mol. The predicted molar refractivity (Wildman–Crippen MR) is 145 cm³/mol. The van der Waals surface area contributed by atoms with E-state index in [9.17, 15) is 17.8 Å². The fourth-order valence-corrected chi connectivity index (χ4v) is 7.84. The highest BCUT2D eigenvalue weighted by atomic mass is 32.2. The number of anilines is 1. The number of carbonyl (C=O) groups excluding carboxylic acids is 1. The molecule has 2 aliphatic rings. The number of hydrogen-bond acceptors (Lipinski definition) is 8. The zero-order valence-electron chi connectivity index (χ0n) is 21.7. The lowest BCUT2D eigenvalue weighted by atomic mass is 9.87. The number of hydrogen-bond donors (Lipinski definition) is 1. The summed E-state index contributed by atoms with van der Waals surface area (Å²) in [5, 5.41) is 6.86. The van der Waals surface area contributed by atoms with Crippen LogP contribution in [-0.4, -0.2) is 56.2 Å². The number of rotatable bonds is 11. The first-order valence-corrected chi connectivity index (χ1v) is 16.0. The second kappa shape index (κ2) is 12.1. The lowest BCUT2D eigenvalue weighted by Crippen LogP contribution is -2.47. The van der Waals surface area contributed by atoms with Gasteiger partial charge >= 0.3 is 7.60 Å². The molecular weight excluding hydrogens is 529 g/mol. The highest BCUT2D eigenvalue weighted by Crippen LogP contribution is 2.51. The molecule has 10 nitrogen and oxygen atoms in total. The number of oxime groups is 1. The molecule has 4 rings (SSSR count). The molecule has 0 radical (unpaired) electrons. The van der Waals surface area contributed by atoms with Crippen LogP contribution in [0.3, 0.4) is 0 Å². The molecule has 2 heterocycles. The van der Waals surface area contributed by atoms with Gasteiger partial charge in [0.1, 0.15) is 11.3 Å². The second-order valence-electron chi connectivity index (χ2n) is 9.39. The molecule has 2 aromatic rings. The third-order valence-electron chi connectivity index (χ3n) is 6.56. The molecule has 0 unspecified atom stereocenters. The summed E-state index contributed by atoms with van der Waals surface area (Å²) >= 11 is 0. The van der Waals surface area contributed by atoms with Gasteiger partial charge in [0.15, 0.2) is 0 Å². The quantitative estimate of drug-likeness (QED) is 0.399. The lowest BCUT2D eigenvalue weighted by Gasteiger charge is -2.36. The van der Waals surface area contributed by atoms with Gasteiger partial charge in [0, 0.05) is 38.0 Å². The highest BCUT2D eigenvalue weighted by Gasteiger charge is 2.45. The summed E-state index contributed by atoms with van der Waals surface area (Å²) in [6.07, 6.45) is 1.37. The van der Waals surface area contributed by atoms with Crippen LogP contribution in [0.15, 0.2) is 59.8 Å². The van der Waals surface area contributed by atoms with Crippen LogP contribution in [0.25, 0.3) is 0 Å². The number of benzene rings is 2. The van der Waals surface area contributed by atoms with Gasteiger partial charge in [-0.2, -0.15) is 0 Å². The minimum Gasteiger partial charge on any atom is -0.388 e. The van der Waals surface area contributed by atoms with E-state index < -0.39 is 23.2 Å². The van der Waals surface area contributed by atoms with Crippen molar-refractivity contribution in [1.29, 1.82) is 0 Å². The first-order valence-electron chi connectivity index (χ1n) is 12.7. The Bertz CT molecular complexity index is 1280. The summed E-state index contributed by atoms with van der Waals surface area (Å²) < 4.78 is 50.6. The largest absolute Gasteiger partial charge is 0.388 e. The van der Waals surface area contributed by atoms with Crippen molar-refractivity contribution < 1.29 is 31.7 Å². The van der Waals surface area contributed by atoms with Gasteiger partial charge in [-0.05, 0) is 37.1 Å². The molecule has 1 N–H and O–H groups in total. The van der Waals surface area contributed by atoms with Crippen molar-refractivity contribution >= 4 is 34.9 Å². The molecule has 1 fully saturated rings.